The summed E-state index contributed by atoms with van der Waals surface area (Å²) in [7, 11) is 0. The highest BCUT2D eigenvalue weighted by molar-refractivity contribution is 6.35. The fourth-order valence-electron chi connectivity index (χ4n) is 8.00. The highest BCUT2D eigenvalue weighted by Crippen LogP contribution is 2.44. The van der Waals surface area contributed by atoms with Crippen LogP contribution in [0, 0.1) is 5.82 Å². The maximum Gasteiger partial charge on any atom is 0.319 e. The highest BCUT2D eigenvalue weighted by atomic mass is 35.5. The Bertz CT molecular complexity index is 1740. The number of nitrogens with one attached hydrogen (secondary N) is 1. The van der Waals surface area contributed by atoms with Crippen LogP contribution in [0.5, 0.6) is 11.8 Å². The van der Waals surface area contributed by atoms with Gasteiger partial charge in [0, 0.05) is 49.1 Å². The molecule has 4 unspecified atom stereocenters. The Balaban J connectivity index is 1.27. The lowest BCUT2D eigenvalue weighted by Gasteiger charge is -2.31. The minimum atomic E-state index is -0.878. The first kappa shape index (κ1) is 27.3. The van der Waals surface area contributed by atoms with Gasteiger partial charge in [-0.15, -0.1) is 0 Å². The van der Waals surface area contributed by atoms with Crippen LogP contribution in [0.4, 0.5) is 14.6 Å². The van der Waals surface area contributed by atoms with Gasteiger partial charge in [0.2, 0.25) is 0 Å². The van der Waals surface area contributed by atoms with Crippen LogP contribution in [0.15, 0.2) is 42.5 Å². The van der Waals surface area contributed by atoms with E-state index in [0.717, 1.165) is 62.5 Å². The summed E-state index contributed by atoms with van der Waals surface area (Å²) in [6.45, 7) is 3.03. The number of phenols is 1. The first-order chi connectivity index (χ1) is 20.9. The topological polar surface area (TPSA) is 73.8 Å². The number of nitrogens with zero attached hydrogens (tertiary/aromatic N) is 4. The number of hydrogen-bond acceptors (Lipinski definition) is 7. The molecule has 3 aromatic carbocycles. The predicted molar refractivity (Wildman–Crippen MR) is 164 cm³/mol. The molecule has 0 radical (unpaired) electrons. The molecule has 224 valence electrons. The van der Waals surface area contributed by atoms with Crippen molar-refractivity contribution in [3.05, 3.63) is 53.3 Å². The van der Waals surface area contributed by atoms with Crippen LogP contribution >= 0.6 is 11.6 Å². The minimum Gasteiger partial charge on any atom is -0.508 e. The monoisotopic (exact) mass is 605 g/mol. The molecule has 1 aromatic heterocycles. The number of alkyl halides is 1. The van der Waals surface area contributed by atoms with E-state index in [9.17, 15) is 9.50 Å². The SMILES string of the molecule is Oc1cc(-c2c(Cl)cc3c(N4CCC5CCC(C4)N5)nc(OCC45CCCN4CC(F)C5)nc3c2F)c2ccccc2c1. The quantitative estimate of drug-likeness (QED) is 0.279. The Morgan fingerprint density at radius 2 is 1.91 bits per heavy atom. The Morgan fingerprint density at radius 3 is 2.81 bits per heavy atom. The van der Waals surface area contributed by atoms with Gasteiger partial charge in [-0.2, -0.15) is 9.97 Å². The van der Waals surface area contributed by atoms with Crippen molar-refractivity contribution in [3.8, 4) is 22.9 Å². The normalized spacial score (nSPS) is 27.2. The first-order valence-electron chi connectivity index (χ1n) is 15.3. The highest BCUT2D eigenvalue weighted by Gasteiger charge is 2.49. The fourth-order valence-corrected chi connectivity index (χ4v) is 8.29. The summed E-state index contributed by atoms with van der Waals surface area (Å²) in [5.74, 6) is 0.0245. The van der Waals surface area contributed by atoms with Crippen LogP contribution in [0.3, 0.4) is 0 Å². The molecule has 5 heterocycles. The van der Waals surface area contributed by atoms with Crippen LogP contribution in [-0.2, 0) is 0 Å². The van der Waals surface area contributed by atoms with E-state index in [4.69, 9.17) is 21.3 Å². The molecule has 7 nitrogen and oxygen atoms in total. The molecule has 4 aromatic rings. The number of ether oxygens (including phenoxy) is 1. The van der Waals surface area contributed by atoms with Gasteiger partial charge < -0.3 is 20.1 Å². The standard InChI is InChI=1S/C33H34ClF2N5O2/c34-27-14-26-30(29(36)28(27)25-13-23(42)12-19-4-1-2-5-24(19)25)38-32(43-18-33-9-3-10-41(33)16-20(35)15-33)39-31(26)40-11-8-21-6-7-22(17-40)37-21/h1-2,4-5,12-14,20-22,37,42H,3,6-11,15-18H2. The molecule has 4 atom stereocenters. The van der Waals surface area contributed by atoms with E-state index in [-0.39, 0.29) is 40.0 Å². The number of rotatable bonds is 5. The molecule has 0 spiro atoms. The van der Waals surface area contributed by atoms with Gasteiger partial charge >= 0.3 is 6.01 Å². The van der Waals surface area contributed by atoms with E-state index in [0.29, 0.717) is 41.8 Å². The summed E-state index contributed by atoms with van der Waals surface area (Å²) in [5.41, 5.74) is 0.391. The van der Waals surface area contributed by atoms with Gasteiger partial charge in [0.25, 0.3) is 0 Å². The molecule has 0 amide bonds. The molecule has 4 aliphatic heterocycles. The van der Waals surface area contributed by atoms with Gasteiger partial charge in [0.05, 0.1) is 10.6 Å². The van der Waals surface area contributed by atoms with Crippen molar-refractivity contribution in [3.63, 3.8) is 0 Å². The molecule has 8 rings (SSSR count). The summed E-state index contributed by atoms with van der Waals surface area (Å²) in [6, 6.07) is 13.3. The van der Waals surface area contributed by atoms with Crippen LogP contribution in [0.2, 0.25) is 5.02 Å². The van der Waals surface area contributed by atoms with Gasteiger partial charge in [0.15, 0.2) is 5.82 Å². The molecule has 43 heavy (non-hydrogen) atoms. The zero-order valence-electron chi connectivity index (χ0n) is 23.8. The predicted octanol–water partition coefficient (Wildman–Crippen LogP) is 6.23. The van der Waals surface area contributed by atoms with Crippen LogP contribution in [0.1, 0.15) is 38.5 Å². The molecular formula is C33H34ClF2N5O2. The van der Waals surface area contributed by atoms with Crippen molar-refractivity contribution >= 4 is 39.1 Å². The summed E-state index contributed by atoms with van der Waals surface area (Å²) in [4.78, 5) is 13.9. The Morgan fingerprint density at radius 1 is 1.05 bits per heavy atom. The molecule has 0 saturated carbocycles. The average Bonchev–Trinajstić information content (AvgIpc) is 3.62. The third-order valence-corrected chi connectivity index (χ3v) is 10.3. The second kappa shape index (κ2) is 10.4. The van der Waals surface area contributed by atoms with Gasteiger partial charge in [-0.1, -0.05) is 35.9 Å². The Labute approximate surface area is 253 Å². The number of benzene rings is 3. The van der Waals surface area contributed by atoms with Gasteiger partial charge in [-0.25, -0.2) is 8.78 Å². The van der Waals surface area contributed by atoms with Crippen molar-refractivity contribution in [2.45, 2.75) is 62.3 Å². The van der Waals surface area contributed by atoms with E-state index < -0.39 is 12.0 Å². The number of aromatic nitrogens is 2. The van der Waals surface area contributed by atoms with E-state index in [1.807, 2.05) is 24.3 Å². The fraction of sp³-hybridized carbons (Fsp3) is 0.455. The van der Waals surface area contributed by atoms with Crippen molar-refractivity contribution in [2.75, 3.05) is 37.7 Å². The van der Waals surface area contributed by atoms with Crippen LogP contribution < -0.4 is 15.0 Å². The van der Waals surface area contributed by atoms with Gasteiger partial charge in [-0.3, -0.25) is 4.90 Å². The zero-order valence-corrected chi connectivity index (χ0v) is 24.6. The number of anilines is 1. The lowest BCUT2D eigenvalue weighted by molar-refractivity contribution is 0.107. The molecular weight excluding hydrogens is 572 g/mol. The number of phenolic OH excluding ortho intramolecular Hbond substituents is 1. The van der Waals surface area contributed by atoms with E-state index in [1.165, 1.54) is 6.07 Å². The smallest absolute Gasteiger partial charge is 0.319 e. The molecule has 2 N–H and O–H groups in total. The van der Waals surface area contributed by atoms with E-state index >= 15 is 4.39 Å². The molecule has 4 aliphatic rings. The summed E-state index contributed by atoms with van der Waals surface area (Å²) in [6.07, 6.45) is 4.60. The minimum absolute atomic E-state index is 0.0203. The van der Waals surface area contributed by atoms with Crippen molar-refractivity contribution in [1.29, 1.82) is 0 Å². The van der Waals surface area contributed by atoms with Crippen LogP contribution in [0.25, 0.3) is 32.8 Å². The van der Waals surface area contributed by atoms with Crippen LogP contribution in [-0.4, -0.2) is 76.6 Å². The molecule has 0 aliphatic carbocycles. The number of halogens is 3. The molecule has 4 saturated heterocycles. The van der Waals surface area contributed by atoms with E-state index in [1.54, 1.807) is 12.1 Å². The number of fused-ring (bicyclic) bond motifs is 5. The second-order valence-corrected chi connectivity index (χ2v) is 13.1. The number of hydrogen-bond donors (Lipinski definition) is 2. The average molecular weight is 606 g/mol. The first-order valence-corrected chi connectivity index (χ1v) is 15.7. The lowest BCUT2D eigenvalue weighted by Crippen LogP contribution is -2.43. The lowest BCUT2D eigenvalue weighted by atomic mass is 9.95. The van der Waals surface area contributed by atoms with E-state index in [2.05, 4.69) is 20.1 Å². The Hall–Kier alpha value is -3.27. The third-order valence-electron chi connectivity index (χ3n) is 10.0. The second-order valence-electron chi connectivity index (χ2n) is 12.7. The van der Waals surface area contributed by atoms with Crippen molar-refractivity contribution in [1.82, 2.24) is 20.2 Å². The van der Waals surface area contributed by atoms with Crippen molar-refractivity contribution < 1.29 is 18.6 Å². The number of aromatic hydroxyl groups is 1. The summed E-state index contributed by atoms with van der Waals surface area (Å²) < 4.78 is 37.6. The molecule has 4 fully saturated rings. The van der Waals surface area contributed by atoms with Gasteiger partial charge in [0.1, 0.15) is 29.9 Å². The molecule has 10 heteroatoms. The van der Waals surface area contributed by atoms with Gasteiger partial charge in [-0.05, 0) is 73.2 Å². The maximum absolute atomic E-state index is 16.8. The third kappa shape index (κ3) is 4.67. The van der Waals surface area contributed by atoms with Crippen molar-refractivity contribution in [2.24, 2.45) is 0 Å². The zero-order chi connectivity index (χ0) is 29.3. The Kier molecular flexibility index (Phi) is 6.62. The largest absolute Gasteiger partial charge is 0.508 e. The summed E-state index contributed by atoms with van der Waals surface area (Å²) in [5, 5.41) is 16.5. The molecule has 2 bridgehead atoms. The summed E-state index contributed by atoms with van der Waals surface area (Å²) >= 11 is 6.88. The maximum atomic E-state index is 16.8.